The lowest BCUT2D eigenvalue weighted by Crippen LogP contribution is -2.04. The zero-order chi connectivity index (χ0) is 37.0. The van der Waals surface area contributed by atoms with Crippen LogP contribution in [-0.4, -0.2) is 4.57 Å². The van der Waals surface area contributed by atoms with Gasteiger partial charge in [0.2, 0.25) is 0 Å². The molecule has 1 aliphatic rings. The Kier molecular flexibility index (Phi) is 7.64. The molecule has 262 valence electrons. The molecule has 0 saturated carbocycles. The first-order valence-corrected chi connectivity index (χ1v) is 19.5. The van der Waals surface area contributed by atoms with Gasteiger partial charge in [-0.1, -0.05) is 182 Å². The van der Waals surface area contributed by atoms with Crippen LogP contribution in [0.15, 0.2) is 206 Å². The fourth-order valence-electron chi connectivity index (χ4n) is 8.83. The van der Waals surface area contributed by atoms with Gasteiger partial charge in [-0.25, -0.2) is 0 Å². The lowest BCUT2D eigenvalue weighted by Gasteiger charge is -2.23. The molecule has 56 heavy (non-hydrogen) atoms. The summed E-state index contributed by atoms with van der Waals surface area (Å²) in [6, 6.07) is 73.3. The van der Waals surface area contributed by atoms with Gasteiger partial charge >= 0.3 is 0 Å². The van der Waals surface area contributed by atoms with Crippen molar-refractivity contribution in [3.8, 4) is 28.1 Å². The minimum absolute atomic E-state index is 0.845. The van der Waals surface area contributed by atoms with Crippen LogP contribution in [0.1, 0.15) is 22.3 Å². The molecule has 11 rings (SSSR count). The van der Waals surface area contributed by atoms with Crippen molar-refractivity contribution in [2.45, 2.75) is 6.42 Å². The molecule has 1 aliphatic carbocycles. The van der Waals surface area contributed by atoms with Gasteiger partial charge in [0, 0.05) is 10.8 Å². The first kappa shape index (κ1) is 32.2. The lowest BCUT2D eigenvalue weighted by atomic mass is 9.81. The average molecular weight is 712 g/mol. The second kappa shape index (κ2) is 13.3. The molecule has 0 amide bonds. The van der Waals surface area contributed by atoms with Crippen LogP contribution in [0, 0.1) is 0 Å². The number of rotatable bonds is 5. The van der Waals surface area contributed by atoms with E-state index >= 15 is 0 Å². The molecule has 1 nitrogen and oxygen atoms in total. The van der Waals surface area contributed by atoms with Crippen molar-refractivity contribution in [3.05, 3.63) is 228 Å². The van der Waals surface area contributed by atoms with Crippen molar-refractivity contribution in [2.24, 2.45) is 0 Å². The topological polar surface area (TPSA) is 4.93 Å². The predicted octanol–water partition coefficient (Wildman–Crippen LogP) is 14.6. The van der Waals surface area contributed by atoms with Gasteiger partial charge in [-0.2, -0.15) is 0 Å². The molecule has 0 radical (unpaired) electrons. The van der Waals surface area contributed by atoms with E-state index in [0.29, 0.717) is 0 Å². The van der Waals surface area contributed by atoms with Crippen molar-refractivity contribution < 1.29 is 0 Å². The Morgan fingerprint density at radius 1 is 0.429 bits per heavy atom. The van der Waals surface area contributed by atoms with Crippen molar-refractivity contribution >= 4 is 60.9 Å². The molecule has 0 unspecified atom stereocenters. The summed E-state index contributed by atoms with van der Waals surface area (Å²) in [4.78, 5) is 0. The summed E-state index contributed by atoms with van der Waals surface area (Å²) in [7, 11) is 0. The Labute approximate surface area is 326 Å². The van der Waals surface area contributed by atoms with Gasteiger partial charge in [0.05, 0.1) is 16.9 Å². The average Bonchev–Trinajstić information content (AvgIpc) is 3.64. The van der Waals surface area contributed by atoms with Crippen LogP contribution in [0.4, 0.5) is 0 Å². The van der Waals surface area contributed by atoms with Gasteiger partial charge in [0.25, 0.3) is 0 Å². The Hall–Kier alpha value is -7.22. The van der Waals surface area contributed by atoms with Gasteiger partial charge in [-0.05, 0) is 114 Å². The second-order valence-electron chi connectivity index (χ2n) is 15.0. The van der Waals surface area contributed by atoms with Gasteiger partial charge in [0.1, 0.15) is 0 Å². The van der Waals surface area contributed by atoms with Crippen molar-refractivity contribution in [1.29, 1.82) is 0 Å². The molecule has 0 saturated heterocycles. The molecular formula is C55H37N. The lowest BCUT2D eigenvalue weighted by molar-refractivity contribution is 1.15. The number of hydrogen-bond donors (Lipinski definition) is 0. The second-order valence-corrected chi connectivity index (χ2v) is 15.0. The molecule has 1 heteroatoms. The van der Waals surface area contributed by atoms with Crippen molar-refractivity contribution in [2.75, 3.05) is 0 Å². The minimum Gasteiger partial charge on any atom is -0.309 e. The standard InChI is InChI=1S/C55H37N/c1-2-15-41(16-3-1)54-36-46-29-28-45(35-55(46)56(54)53-23-11-19-40-14-7-9-21-50(40)53)43-26-27-44-34-52(51-22-10-18-39-13-6-8-20-49(39)51)48(33-47(44)32-43)31-37-24-25-38-12-4-5-17-42(38)30-37/h1-32,34-36H,33H2/b48-31-. The quantitative estimate of drug-likeness (QED) is 0.167. The summed E-state index contributed by atoms with van der Waals surface area (Å²) in [5.74, 6) is 0. The molecule has 0 atom stereocenters. The fourth-order valence-corrected chi connectivity index (χ4v) is 8.83. The number of benzene rings is 9. The van der Waals surface area contributed by atoms with E-state index < -0.39 is 0 Å². The molecule has 0 aliphatic heterocycles. The fraction of sp³-hybridized carbons (Fsp3) is 0.0182. The summed E-state index contributed by atoms with van der Waals surface area (Å²) in [5, 5.41) is 8.76. The van der Waals surface area contributed by atoms with Crippen LogP contribution in [-0.2, 0) is 6.42 Å². The van der Waals surface area contributed by atoms with Crippen molar-refractivity contribution in [3.63, 3.8) is 0 Å². The van der Waals surface area contributed by atoms with Gasteiger partial charge < -0.3 is 4.57 Å². The van der Waals surface area contributed by atoms with Crippen LogP contribution in [0.3, 0.4) is 0 Å². The highest BCUT2D eigenvalue weighted by Gasteiger charge is 2.21. The highest BCUT2D eigenvalue weighted by Crippen LogP contribution is 2.41. The number of fused-ring (bicyclic) bond motifs is 5. The highest BCUT2D eigenvalue weighted by atomic mass is 15.0. The summed E-state index contributed by atoms with van der Waals surface area (Å²) >= 11 is 0. The first-order chi connectivity index (χ1) is 27.7. The Morgan fingerprint density at radius 2 is 1.09 bits per heavy atom. The molecular weight excluding hydrogens is 675 g/mol. The van der Waals surface area contributed by atoms with Gasteiger partial charge in [-0.15, -0.1) is 0 Å². The minimum atomic E-state index is 0.845. The van der Waals surface area contributed by atoms with Gasteiger partial charge in [0.15, 0.2) is 0 Å². The third-order valence-electron chi connectivity index (χ3n) is 11.6. The van der Waals surface area contributed by atoms with Crippen LogP contribution in [0.5, 0.6) is 0 Å². The van der Waals surface area contributed by atoms with E-state index in [9.17, 15) is 0 Å². The number of hydrogen-bond acceptors (Lipinski definition) is 0. The third kappa shape index (κ3) is 5.56. The maximum Gasteiger partial charge on any atom is 0.0541 e. The molecule has 1 aromatic heterocycles. The van der Waals surface area contributed by atoms with E-state index in [4.69, 9.17) is 0 Å². The largest absolute Gasteiger partial charge is 0.309 e. The van der Waals surface area contributed by atoms with Crippen LogP contribution in [0.2, 0.25) is 0 Å². The summed E-state index contributed by atoms with van der Waals surface area (Å²) in [6.45, 7) is 0. The van der Waals surface area contributed by atoms with E-state index in [0.717, 1.165) is 6.42 Å². The van der Waals surface area contributed by atoms with E-state index in [-0.39, 0.29) is 0 Å². The molecule has 9 aromatic carbocycles. The first-order valence-electron chi connectivity index (χ1n) is 19.5. The Bertz CT molecular complexity index is 3200. The monoisotopic (exact) mass is 711 g/mol. The normalized spacial score (nSPS) is 13.4. The number of allylic oxidation sites excluding steroid dienone is 2. The molecule has 0 bridgehead atoms. The predicted molar refractivity (Wildman–Crippen MR) is 239 cm³/mol. The Balaban J connectivity index is 1.07. The third-order valence-corrected chi connectivity index (χ3v) is 11.6. The molecule has 0 fully saturated rings. The van der Waals surface area contributed by atoms with Crippen molar-refractivity contribution in [1.82, 2.24) is 4.57 Å². The van der Waals surface area contributed by atoms with E-state index in [1.807, 2.05) is 0 Å². The number of aromatic nitrogens is 1. The van der Waals surface area contributed by atoms with Crippen LogP contribution in [0.25, 0.3) is 89.0 Å². The molecule has 10 aromatic rings. The number of nitrogens with zero attached hydrogens (tertiary/aromatic N) is 1. The summed E-state index contributed by atoms with van der Waals surface area (Å²) in [5.41, 5.74) is 14.9. The van der Waals surface area contributed by atoms with Gasteiger partial charge in [-0.3, -0.25) is 0 Å². The summed E-state index contributed by atoms with van der Waals surface area (Å²) in [6.07, 6.45) is 5.67. The maximum absolute atomic E-state index is 2.46. The smallest absolute Gasteiger partial charge is 0.0541 e. The van der Waals surface area contributed by atoms with Crippen LogP contribution < -0.4 is 0 Å². The molecule has 0 N–H and O–H groups in total. The summed E-state index contributed by atoms with van der Waals surface area (Å²) < 4.78 is 2.46. The maximum atomic E-state index is 2.46. The zero-order valence-electron chi connectivity index (χ0n) is 30.9. The van der Waals surface area contributed by atoms with E-state index in [1.54, 1.807) is 0 Å². The zero-order valence-corrected chi connectivity index (χ0v) is 30.9. The highest BCUT2D eigenvalue weighted by molar-refractivity contribution is 6.06. The Morgan fingerprint density at radius 3 is 1.95 bits per heavy atom. The molecule has 0 spiro atoms. The SMILES string of the molecule is C1=C(c2cccc3ccccc23)/C(=C\c2ccc3ccccc3c2)Cc2cc(-c3ccc4cc(-c5ccccc5)n(-c5cccc6ccccc56)c4c3)ccc21. The van der Waals surface area contributed by atoms with E-state index in [1.165, 1.54) is 105 Å². The van der Waals surface area contributed by atoms with Crippen LogP contribution >= 0.6 is 0 Å². The molecule has 1 heterocycles. The van der Waals surface area contributed by atoms with E-state index in [2.05, 4.69) is 217 Å².